The molecule has 1 aliphatic heterocycles. The van der Waals surface area contributed by atoms with Gasteiger partial charge in [-0.3, -0.25) is 4.79 Å². The van der Waals surface area contributed by atoms with Gasteiger partial charge in [-0.25, -0.2) is 0 Å². The number of hydrogen-bond acceptors (Lipinski definition) is 5. The molecule has 3 aromatic rings. The Labute approximate surface area is 133 Å². The second-order valence-electron chi connectivity index (χ2n) is 6.28. The Balaban J connectivity index is 1.66. The van der Waals surface area contributed by atoms with Crippen LogP contribution in [-0.2, 0) is 0 Å². The fourth-order valence-electron chi connectivity index (χ4n) is 2.78. The number of benzene rings is 2. The number of ketones is 1. The molecule has 0 amide bonds. The Hall–Kier alpha value is -2.82. The predicted octanol–water partition coefficient (Wildman–Crippen LogP) is 4.32. The minimum absolute atomic E-state index is 0.0810. The molecule has 0 bridgehead atoms. The topological polar surface area (TPSA) is 64.4 Å². The van der Waals surface area contributed by atoms with E-state index in [1.165, 1.54) is 0 Å². The van der Waals surface area contributed by atoms with Gasteiger partial charge < -0.3 is 14.5 Å². The number of aromatic nitrogens is 1. The maximum absolute atomic E-state index is 12.3. The molecule has 1 aliphatic rings. The lowest BCUT2D eigenvalue weighted by atomic mass is 9.93. The molecule has 0 unspecified atom stereocenters. The van der Waals surface area contributed by atoms with Crippen molar-refractivity contribution in [1.29, 1.82) is 0 Å². The van der Waals surface area contributed by atoms with Gasteiger partial charge in [0.05, 0.1) is 12.0 Å². The standard InChI is InChI=1S/C18H16N2O3/c1-18(2)10-14(21)12-9-11(7-8-15(12)23-18)19-17-20-13-5-3-4-6-16(13)22-17/h3-9H,10H2,1-2H3,(H,19,20). The maximum atomic E-state index is 12.3. The number of carbonyl (C=O) groups is 1. The predicted molar refractivity (Wildman–Crippen MR) is 87.4 cm³/mol. The summed E-state index contributed by atoms with van der Waals surface area (Å²) >= 11 is 0. The van der Waals surface area contributed by atoms with Crippen molar-refractivity contribution in [3.05, 3.63) is 48.0 Å². The zero-order valence-electron chi connectivity index (χ0n) is 12.9. The Morgan fingerprint density at radius 3 is 2.83 bits per heavy atom. The molecular weight excluding hydrogens is 292 g/mol. The Kier molecular flexibility index (Phi) is 2.91. The second-order valence-corrected chi connectivity index (χ2v) is 6.28. The average Bonchev–Trinajstić information content (AvgIpc) is 2.89. The number of para-hydroxylation sites is 2. The van der Waals surface area contributed by atoms with Crippen LogP contribution in [0.15, 0.2) is 46.9 Å². The molecule has 0 aliphatic carbocycles. The highest BCUT2D eigenvalue weighted by atomic mass is 16.5. The number of oxazole rings is 1. The number of anilines is 2. The Bertz CT molecular complexity index is 879. The number of carbonyl (C=O) groups excluding carboxylic acids is 1. The monoisotopic (exact) mass is 308 g/mol. The molecule has 0 saturated carbocycles. The lowest BCUT2D eigenvalue weighted by molar-refractivity contribution is 0.0620. The molecule has 0 saturated heterocycles. The van der Waals surface area contributed by atoms with Crippen molar-refractivity contribution in [3.8, 4) is 5.75 Å². The second kappa shape index (κ2) is 4.84. The minimum atomic E-state index is -0.459. The normalized spacial score (nSPS) is 16.0. The van der Waals surface area contributed by atoms with Crippen molar-refractivity contribution in [2.24, 2.45) is 0 Å². The fraction of sp³-hybridized carbons (Fsp3) is 0.222. The molecule has 2 aromatic carbocycles. The van der Waals surface area contributed by atoms with Crippen LogP contribution < -0.4 is 10.1 Å². The summed E-state index contributed by atoms with van der Waals surface area (Å²) < 4.78 is 11.5. The third kappa shape index (κ3) is 2.54. The molecule has 2 heterocycles. The summed E-state index contributed by atoms with van der Waals surface area (Å²) in [4.78, 5) is 16.7. The number of ether oxygens (including phenoxy) is 1. The van der Waals surface area contributed by atoms with Gasteiger partial charge in [0.1, 0.15) is 16.9 Å². The molecule has 0 atom stereocenters. The zero-order chi connectivity index (χ0) is 16.0. The summed E-state index contributed by atoms with van der Waals surface area (Å²) in [6.45, 7) is 3.83. The highest BCUT2D eigenvalue weighted by molar-refractivity contribution is 6.01. The van der Waals surface area contributed by atoms with Crippen LogP contribution in [0.4, 0.5) is 11.7 Å². The first kappa shape index (κ1) is 13.8. The molecule has 5 nitrogen and oxygen atoms in total. The van der Waals surface area contributed by atoms with Crippen LogP contribution in [0.1, 0.15) is 30.6 Å². The first-order valence-electron chi connectivity index (χ1n) is 7.49. The van der Waals surface area contributed by atoms with Crippen molar-refractivity contribution in [1.82, 2.24) is 4.98 Å². The molecular formula is C18H16N2O3. The van der Waals surface area contributed by atoms with E-state index in [0.717, 1.165) is 11.2 Å². The van der Waals surface area contributed by atoms with Gasteiger partial charge in [0.2, 0.25) is 0 Å². The van der Waals surface area contributed by atoms with E-state index < -0.39 is 5.60 Å². The minimum Gasteiger partial charge on any atom is -0.487 e. The lowest BCUT2D eigenvalue weighted by Gasteiger charge is -2.31. The third-order valence-electron chi connectivity index (χ3n) is 3.80. The largest absolute Gasteiger partial charge is 0.487 e. The van der Waals surface area contributed by atoms with Crippen molar-refractivity contribution >= 4 is 28.6 Å². The summed E-state index contributed by atoms with van der Waals surface area (Å²) in [5, 5.41) is 3.10. The van der Waals surface area contributed by atoms with Crippen LogP contribution in [0.3, 0.4) is 0 Å². The first-order chi connectivity index (χ1) is 11.0. The van der Waals surface area contributed by atoms with Crippen LogP contribution in [-0.4, -0.2) is 16.4 Å². The lowest BCUT2D eigenvalue weighted by Crippen LogP contribution is -2.35. The summed E-state index contributed by atoms with van der Waals surface area (Å²) in [6, 6.07) is 13.4. The number of rotatable bonds is 2. The molecule has 0 spiro atoms. The number of nitrogens with zero attached hydrogens (tertiary/aromatic N) is 1. The summed E-state index contributed by atoms with van der Waals surface area (Å²) in [7, 11) is 0. The fourth-order valence-corrected chi connectivity index (χ4v) is 2.78. The van der Waals surface area contributed by atoms with Crippen molar-refractivity contribution in [2.75, 3.05) is 5.32 Å². The summed E-state index contributed by atoms with van der Waals surface area (Å²) in [5.74, 6) is 0.701. The van der Waals surface area contributed by atoms with Crippen molar-refractivity contribution in [2.45, 2.75) is 25.9 Å². The molecule has 1 N–H and O–H groups in total. The number of Topliss-reactive ketones (excluding diaryl/α,β-unsaturated/α-hetero) is 1. The van der Waals surface area contributed by atoms with E-state index >= 15 is 0 Å². The molecule has 23 heavy (non-hydrogen) atoms. The summed E-state index contributed by atoms with van der Waals surface area (Å²) in [6.07, 6.45) is 0.367. The smallest absolute Gasteiger partial charge is 0.300 e. The van der Waals surface area contributed by atoms with Crippen LogP contribution in [0.25, 0.3) is 11.1 Å². The third-order valence-corrected chi connectivity index (χ3v) is 3.80. The van der Waals surface area contributed by atoms with Gasteiger partial charge in [0, 0.05) is 5.69 Å². The van der Waals surface area contributed by atoms with E-state index in [2.05, 4.69) is 10.3 Å². The van der Waals surface area contributed by atoms with E-state index in [4.69, 9.17) is 9.15 Å². The van der Waals surface area contributed by atoms with Gasteiger partial charge in [-0.15, -0.1) is 0 Å². The van der Waals surface area contributed by atoms with Gasteiger partial charge in [0.15, 0.2) is 11.4 Å². The Morgan fingerprint density at radius 1 is 1.17 bits per heavy atom. The maximum Gasteiger partial charge on any atom is 0.300 e. The van der Waals surface area contributed by atoms with Crippen LogP contribution >= 0.6 is 0 Å². The molecule has 0 fully saturated rings. The molecule has 116 valence electrons. The van der Waals surface area contributed by atoms with E-state index in [1.807, 2.05) is 44.2 Å². The van der Waals surface area contributed by atoms with E-state index in [1.54, 1.807) is 12.1 Å². The van der Waals surface area contributed by atoms with Gasteiger partial charge in [-0.2, -0.15) is 4.98 Å². The molecule has 0 radical (unpaired) electrons. The van der Waals surface area contributed by atoms with Gasteiger partial charge in [-0.05, 0) is 44.2 Å². The van der Waals surface area contributed by atoms with E-state index in [-0.39, 0.29) is 5.78 Å². The molecule has 1 aromatic heterocycles. The quantitative estimate of drug-likeness (QED) is 0.764. The van der Waals surface area contributed by atoms with Crippen LogP contribution in [0.2, 0.25) is 0 Å². The highest BCUT2D eigenvalue weighted by Crippen LogP contribution is 2.35. The van der Waals surface area contributed by atoms with Gasteiger partial charge >= 0.3 is 0 Å². The zero-order valence-corrected chi connectivity index (χ0v) is 12.9. The van der Waals surface area contributed by atoms with E-state index in [9.17, 15) is 4.79 Å². The number of hydrogen-bond donors (Lipinski definition) is 1. The van der Waals surface area contributed by atoms with Crippen LogP contribution in [0, 0.1) is 0 Å². The first-order valence-corrected chi connectivity index (χ1v) is 7.49. The van der Waals surface area contributed by atoms with Crippen molar-refractivity contribution in [3.63, 3.8) is 0 Å². The van der Waals surface area contributed by atoms with Crippen LogP contribution in [0.5, 0.6) is 5.75 Å². The number of nitrogens with one attached hydrogen (secondary N) is 1. The summed E-state index contributed by atoms with van der Waals surface area (Å²) in [5.41, 5.74) is 2.37. The molecule has 5 heteroatoms. The highest BCUT2D eigenvalue weighted by Gasteiger charge is 2.32. The molecule has 4 rings (SSSR count). The Morgan fingerprint density at radius 2 is 2.00 bits per heavy atom. The van der Waals surface area contributed by atoms with Gasteiger partial charge in [0.25, 0.3) is 6.01 Å². The number of fused-ring (bicyclic) bond motifs is 2. The van der Waals surface area contributed by atoms with E-state index in [0.29, 0.717) is 29.3 Å². The SMILES string of the molecule is CC1(C)CC(=O)c2cc(Nc3nc4ccccc4o3)ccc2O1. The van der Waals surface area contributed by atoms with Gasteiger partial charge in [-0.1, -0.05) is 12.1 Å². The van der Waals surface area contributed by atoms with Crippen molar-refractivity contribution < 1.29 is 13.9 Å². The average molecular weight is 308 g/mol.